The summed E-state index contributed by atoms with van der Waals surface area (Å²) in [7, 11) is 0. The molecule has 92 valence electrons. The Kier molecular flexibility index (Phi) is 5.50. The number of rotatable bonds is 5. The molecule has 0 aliphatic heterocycles. The fraction of sp³-hybridized carbons (Fsp3) is 0.846. The molecule has 1 unspecified atom stereocenters. The highest BCUT2D eigenvalue weighted by atomic mass is 16.5. The first-order valence-electron chi connectivity index (χ1n) is 6.35. The normalized spacial score (nSPS) is 19.1. The van der Waals surface area contributed by atoms with Crippen LogP contribution in [-0.2, 0) is 14.3 Å². The van der Waals surface area contributed by atoms with Crippen LogP contribution < -0.4 is 0 Å². The summed E-state index contributed by atoms with van der Waals surface area (Å²) in [5.41, 5.74) is 0. The molecular weight excluding hydrogens is 204 g/mol. The van der Waals surface area contributed by atoms with Crippen molar-refractivity contribution in [2.75, 3.05) is 6.61 Å². The molecule has 0 heterocycles. The van der Waals surface area contributed by atoms with E-state index in [2.05, 4.69) is 6.92 Å². The maximum Gasteiger partial charge on any atom is 0.374 e. The Bertz CT molecular complexity index is 242. The third-order valence-electron chi connectivity index (χ3n) is 3.47. The predicted molar refractivity (Wildman–Crippen MR) is 62.0 cm³/mol. The second kappa shape index (κ2) is 6.66. The van der Waals surface area contributed by atoms with Crippen LogP contribution in [0.25, 0.3) is 0 Å². The van der Waals surface area contributed by atoms with Crippen molar-refractivity contribution in [3.63, 3.8) is 0 Å². The third-order valence-corrected chi connectivity index (χ3v) is 3.47. The smallest absolute Gasteiger partial charge is 0.374 e. The summed E-state index contributed by atoms with van der Waals surface area (Å²) >= 11 is 0. The fourth-order valence-electron chi connectivity index (χ4n) is 2.46. The number of ketones is 1. The number of hydrogen-bond acceptors (Lipinski definition) is 3. The van der Waals surface area contributed by atoms with Crippen molar-refractivity contribution >= 4 is 11.8 Å². The summed E-state index contributed by atoms with van der Waals surface area (Å²) in [6.07, 6.45) is 6.61. The van der Waals surface area contributed by atoms with Crippen LogP contribution in [0.4, 0.5) is 0 Å². The SMILES string of the molecule is CCOC(=O)C(=O)CC(C)C1CCCCC1. The van der Waals surface area contributed by atoms with Crippen molar-refractivity contribution in [2.24, 2.45) is 11.8 Å². The summed E-state index contributed by atoms with van der Waals surface area (Å²) in [6.45, 7) is 4.07. The second-order valence-corrected chi connectivity index (χ2v) is 4.72. The number of carbonyl (C=O) groups excluding carboxylic acids is 2. The molecule has 0 amide bonds. The molecule has 3 nitrogen and oxygen atoms in total. The predicted octanol–water partition coefficient (Wildman–Crippen LogP) is 2.73. The summed E-state index contributed by atoms with van der Waals surface area (Å²) in [4.78, 5) is 22.7. The first kappa shape index (κ1) is 13.2. The van der Waals surface area contributed by atoms with E-state index in [4.69, 9.17) is 4.74 Å². The Balaban J connectivity index is 2.34. The zero-order valence-corrected chi connectivity index (χ0v) is 10.3. The van der Waals surface area contributed by atoms with Gasteiger partial charge in [0.1, 0.15) is 0 Å². The molecule has 0 aromatic heterocycles. The van der Waals surface area contributed by atoms with Gasteiger partial charge in [0.25, 0.3) is 0 Å². The van der Waals surface area contributed by atoms with Gasteiger partial charge in [0.05, 0.1) is 6.61 Å². The van der Waals surface area contributed by atoms with E-state index < -0.39 is 5.97 Å². The molecule has 0 N–H and O–H groups in total. The Morgan fingerprint density at radius 1 is 1.25 bits per heavy atom. The van der Waals surface area contributed by atoms with E-state index in [0.717, 1.165) is 0 Å². The van der Waals surface area contributed by atoms with Gasteiger partial charge in [0.2, 0.25) is 5.78 Å². The number of esters is 1. The summed E-state index contributed by atoms with van der Waals surface area (Å²) in [6, 6.07) is 0. The Labute approximate surface area is 97.5 Å². The fourth-order valence-corrected chi connectivity index (χ4v) is 2.46. The topological polar surface area (TPSA) is 43.4 Å². The van der Waals surface area contributed by atoms with Crippen molar-refractivity contribution in [2.45, 2.75) is 52.4 Å². The highest BCUT2D eigenvalue weighted by Crippen LogP contribution is 2.31. The second-order valence-electron chi connectivity index (χ2n) is 4.72. The van der Waals surface area contributed by atoms with Crippen LogP contribution in [0.2, 0.25) is 0 Å². The zero-order valence-electron chi connectivity index (χ0n) is 10.3. The molecule has 1 rings (SSSR count). The van der Waals surface area contributed by atoms with Crippen molar-refractivity contribution in [1.82, 2.24) is 0 Å². The highest BCUT2D eigenvalue weighted by molar-refractivity contribution is 6.33. The molecule has 1 saturated carbocycles. The molecule has 1 fully saturated rings. The van der Waals surface area contributed by atoms with Crippen LogP contribution in [-0.4, -0.2) is 18.4 Å². The maximum atomic E-state index is 11.5. The van der Waals surface area contributed by atoms with Crippen molar-refractivity contribution in [3.8, 4) is 0 Å². The van der Waals surface area contributed by atoms with E-state index in [-0.39, 0.29) is 12.4 Å². The number of Topliss-reactive ketones (excluding diaryl/α,β-unsaturated/α-hetero) is 1. The molecule has 0 radical (unpaired) electrons. The van der Waals surface area contributed by atoms with Crippen molar-refractivity contribution in [1.29, 1.82) is 0 Å². The summed E-state index contributed by atoms with van der Waals surface area (Å²) < 4.78 is 4.70. The van der Waals surface area contributed by atoms with Gasteiger partial charge < -0.3 is 4.74 Å². The van der Waals surface area contributed by atoms with E-state index in [1.807, 2.05) is 0 Å². The Morgan fingerprint density at radius 2 is 1.88 bits per heavy atom. The van der Waals surface area contributed by atoms with Gasteiger partial charge >= 0.3 is 5.97 Å². The lowest BCUT2D eigenvalue weighted by atomic mass is 9.79. The molecule has 0 bridgehead atoms. The van der Waals surface area contributed by atoms with Crippen LogP contribution >= 0.6 is 0 Å². The Hall–Kier alpha value is -0.860. The summed E-state index contributed by atoms with van der Waals surface area (Å²) in [5.74, 6) is -0.0885. The number of carbonyl (C=O) groups is 2. The van der Waals surface area contributed by atoms with E-state index in [0.29, 0.717) is 18.3 Å². The van der Waals surface area contributed by atoms with Crippen LogP contribution in [0.1, 0.15) is 52.4 Å². The van der Waals surface area contributed by atoms with Gasteiger partial charge in [-0.15, -0.1) is 0 Å². The van der Waals surface area contributed by atoms with Gasteiger partial charge in [-0.05, 0) is 18.8 Å². The lowest BCUT2D eigenvalue weighted by Gasteiger charge is -2.26. The first-order valence-corrected chi connectivity index (χ1v) is 6.35. The molecule has 0 aromatic carbocycles. The minimum atomic E-state index is -0.662. The average Bonchev–Trinajstić information content (AvgIpc) is 2.30. The van der Waals surface area contributed by atoms with E-state index in [1.165, 1.54) is 32.1 Å². The molecule has 0 spiro atoms. The van der Waals surface area contributed by atoms with Crippen LogP contribution in [0, 0.1) is 11.8 Å². The van der Waals surface area contributed by atoms with Crippen LogP contribution in [0.5, 0.6) is 0 Å². The van der Waals surface area contributed by atoms with Gasteiger partial charge in [0, 0.05) is 6.42 Å². The van der Waals surface area contributed by atoms with Gasteiger partial charge in [0.15, 0.2) is 0 Å². The van der Waals surface area contributed by atoms with Gasteiger partial charge in [-0.3, -0.25) is 4.79 Å². The van der Waals surface area contributed by atoms with Crippen molar-refractivity contribution < 1.29 is 14.3 Å². The van der Waals surface area contributed by atoms with Crippen LogP contribution in [0.3, 0.4) is 0 Å². The number of hydrogen-bond donors (Lipinski definition) is 0. The van der Waals surface area contributed by atoms with Gasteiger partial charge in [-0.25, -0.2) is 4.79 Å². The van der Waals surface area contributed by atoms with Crippen molar-refractivity contribution in [3.05, 3.63) is 0 Å². The maximum absolute atomic E-state index is 11.5. The molecule has 3 heteroatoms. The lowest BCUT2D eigenvalue weighted by molar-refractivity contribution is -0.154. The minimum Gasteiger partial charge on any atom is -0.460 e. The quantitative estimate of drug-likeness (QED) is 0.534. The molecular formula is C13H22O3. The first-order chi connectivity index (χ1) is 7.65. The highest BCUT2D eigenvalue weighted by Gasteiger charge is 2.25. The molecule has 1 atom stereocenters. The monoisotopic (exact) mass is 226 g/mol. The molecule has 0 saturated heterocycles. The van der Waals surface area contributed by atoms with Crippen LogP contribution in [0.15, 0.2) is 0 Å². The van der Waals surface area contributed by atoms with Gasteiger partial charge in [-0.2, -0.15) is 0 Å². The standard InChI is InChI=1S/C13H22O3/c1-3-16-13(15)12(14)9-10(2)11-7-5-4-6-8-11/h10-11H,3-9H2,1-2H3. The third kappa shape index (κ3) is 3.95. The molecule has 1 aliphatic carbocycles. The summed E-state index contributed by atoms with van der Waals surface area (Å²) in [5, 5.41) is 0. The van der Waals surface area contributed by atoms with E-state index in [9.17, 15) is 9.59 Å². The molecule has 16 heavy (non-hydrogen) atoms. The van der Waals surface area contributed by atoms with Gasteiger partial charge in [-0.1, -0.05) is 39.0 Å². The number of ether oxygens (including phenoxy) is 1. The molecule has 1 aliphatic rings. The van der Waals surface area contributed by atoms with E-state index >= 15 is 0 Å². The molecule has 0 aromatic rings. The average molecular weight is 226 g/mol. The van der Waals surface area contributed by atoms with E-state index in [1.54, 1.807) is 6.92 Å². The lowest BCUT2D eigenvalue weighted by Crippen LogP contribution is -2.24. The minimum absolute atomic E-state index is 0.280. The zero-order chi connectivity index (χ0) is 12.0. The Morgan fingerprint density at radius 3 is 2.44 bits per heavy atom. The largest absolute Gasteiger partial charge is 0.460 e.